The first-order valence-corrected chi connectivity index (χ1v) is 10.7. The molecule has 6 nitrogen and oxygen atoms in total. The number of fused-ring (bicyclic) bond motifs is 1. The molecule has 0 radical (unpaired) electrons. The fourth-order valence-electron chi connectivity index (χ4n) is 4.18. The van der Waals surface area contributed by atoms with E-state index < -0.39 is 0 Å². The second-order valence-electron chi connectivity index (χ2n) is 7.95. The van der Waals surface area contributed by atoms with Crippen molar-refractivity contribution in [3.8, 4) is 11.1 Å². The minimum absolute atomic E-state index is 0.0154. The Balaban J connectivity index is 1.32. The van der Waals surface area contributed by atoms with Crippen molar-refractivity contribution < 1.29 is 4.79 Å². The molecule has 1 atom stereocenters. The monoisotopic (exact) mass is 431 g/mol. The van der Waals surface area contributed by atoms with Crippen LogP contribution in [-0.4, -0.2) is 38.8 Å². The lowest BCUT2D eigenvalue weighted by Gasteiger charge is -2.32. The van der Waals surface area contributed by atoms with E-state index in [1.807, 2.05) is 41.4 Å². The van der Waals surface area contributed by atoms with Gasteiger partial charge in [0.15, 0.2) is 0 Å². The number of nitrogens with two attached hydrogens (primary N) is 1. The van der Waals surface area contributed by atoms with E-state index in [-0.39, 0.29) is 11.8 Å². The van der Waals surface area contributed by atoms with Crippen molar-refractivity contribution in [1.29, 1.82) is 0 Å². The number of aromatic nitrogens is 3. The molecule has 3 N–H and O–H groups in total. The van der Waals surface area contributed by atoms with Gasteiger partial charge < -0.3 is 15.6 Å². The lowest BCUT2D eigenvalue weighted by Crippen LogP contribution is -2.39. The van der Waals surface area contributed by atoms with Gasteiger partial charge in [-0.1, -0.05) is 23.7 Å². The summed E-state index contributed by atoms with van der Waals surface area (Å²) >= 11 is 6.07. The molecule has 1 aliphatic heterocycles. The Morgan fingerprint density at radius 3 is 2.61 bits per heavy atom. The van der Waals surface area contributed by atoms with Crippen molar-refractivity contribution >= 4 is 34.2 Å². The third kappa shape index (κ3) is 3.99. The maximum atomic E-state index is 13.1. The highest BCUT2D eigenvalue weighted by Gasteiger charge is 2.27. The van der Waals surface area contributed by atoms with Gasteiger partial charge in [0, 0.05) is 64.1 Å². The Morgan fingerprint density at radius 2 is 1.87 bits per heavy atom. The van der Waals surface area contributed by atoms with Gasteiger partial charge in [-0.15, -0.1) is 0 Å². The maximum Gasteiger partial charge on any atom is 0.270 e. The Kier molecular flexibility index (Phi) is 5.08. The summed E-state index contributed by atoms with van der Waals surface area (Å²) in [6.07, 6.45) is 5.58. The average Bonchev–Trinajstić information content (AvgIpc) is 3.22. The van der Waals surface area contributed by atoms with Crippen LogP contribution in [0.4, 0.5) is 5.82 Å². The van der Waals surface area contributed by atoms with Gasteiger partial charge in [0.05, 0.1) is 0 Å². The predicted molar refractivity (Wildman–Crippen MR) is 123 cm³/mol. The van der Waals surface area contributed by atoms with Gasteiger partial charge in [0.25, 0.3) is 5.91 Å². The van der Waals surface area contributed by atoms with Gasteiger partial charge in [-0.25, -0.2) is 4.98 Å². The van der Waals surface area contributed by atoms with Crippen LogP contribution < -0.4 is 5.73 Å². The van der Waals surface area contributed by atoms with E-state index in [0.717, 1.165) is 47.1 Å². The van der Waals surface area contributed by atoms with E-state index in [4.69, 9.17) is 22.3 Å². The number of benzene rings is 1. The third-order valence-electron chi connectivity index (χ3n) is 5.85. The number of pyridine rings is 2. The van der Waals surface area contributed by atoms with E-state index >= 15 is 0 Å². The number of hydrogen-bond acceptors (Lipinski definition) is 4. The lowest BCUT2D eigenvalue weighted by atomic mass is 9.93. The van der Waals surface area contributed by atoms with Crippen LogP contribution in [0.15, 0.2) is 60.9 Å². The molecule has 1 aromatic carbocycles. The second kappa shape index (κ2) is 8.04. The van der Waals surface area contributed by atoms with Crippen molar-refractivity contribution in [1.82, 2.24) is 19.9 Å². The molecule has 4 aromatic rings. The molecule has 3 aromatic heterocycles. The van der Waals surface area contributed by atoms with Crippen LogP contribution in [0.3, 0.4) is 0 Å². The number of nitrogen functional groups attached to an aromatic ring is 1. The molecule has 1 fully saturated rings. The smallest absolute Gasteiger partial charge is 0.270 e. The third-order valence-corrected chi connectivity index (χ3v) is 6.08. The number of carbonyl (C=O) groups excluding carboxylic acids is 1. The molecule has 0 saturated carbocycles. The number of nitrogens with one attached hydrogen (secondary N) is 1. The minimum atomic E-state index is 0.0154. The number of hydrogen-bond donors (Lipinski definition) is 2. The highest BCUT2D eigenvalue weighted by Crippen LogP contribution is 2.29. The van der Waals surface area contributed by atoms with Crippen molar-refractivity contribution in [2.75, 3.05) is 18.8 Å². The van der Waals surface area contributed by atoms with Gasteiger partial charge in [-0.2, -0.15) is 0 Å². The van der Waals surface area contributed by atoms with E-state index in [1.165, 1.54) is 0 Å². The summed E-state index contributed by atoms with van der Waals surface area (Å²) in [5.41, 5.74) is 10.1. The lowest BCUT2D eigenvalue weighted by molar-refractivity contribution is 0.0701. The number of likely N-dealkylation sites (tertiary alicyclic amines) is 1. The summed E-state index contributed by atoms with van der Waals surface area (Å²) in [5.74, 6) is 0.732. The summed E-state index contributed by atoms with van der Waals surface area (Å²) in [6.45, 7) is 1.41. The summed E-state index contributed by atoms with van der Waals surface area (Å²) in [7, 11) is 0. The molecule has 0 bridgehead atoms. The van der Waals surface area contributed by atoms with Gasteiger partial charge in [0.2, 0.25) is 0 Å². The highest BCUT2D eigenvalue weighted by atomic mass is 35.5. The van der Waals surface area contributed by atoms with Crippen LogP contribution in [-0.2, 0) is 0 Å². The van der Waals surface area contributed by atoms with Crippen LogP contribution in [0, 0.1) is 0 Å². The number of nitrogens with zero attached hydrogens (tertiary/aromatic N) is 3. The highest BCUT2D eigenvalue weighted by molar-refractivity contribution is 6.31. The zero-order valence-corrected chi connectivity index (χ0v) is 17.6. The standard InChI is InChI=1S/C24H22ClN5O/c25-19-6-3-15-10-22(29-21(15)11-19)24(31)30-9-1-2-18(14-30)20-7-4-16(12-27-20)17-5-8-23(26)28-13-17/h3-8,10-13,18,29H,1-2,9,14H2,(H2,26,28)/t18-/m0/s1. The first-order chi connectivity index (χ1) is 15.1. The summed E-state index contributed by atoms with van der Waals surface area (Å²) in [6, 6.07) is 15.3. The second-order valence-corrected chi connectivity index (χ2v) is 8.38. The minimum Gasteiger partial charge on any atom is -0.384 e. The van der Waals surface area contributed by atoms with Gasteiger partial charge in [-0.05, 0) is 49.2 Å². The molecule has 5 rings (SSSR count). The molecular formula is C24H22ClN5O. The number of amides is 1. The number of H-pyrrole nitrogens is 1. The Bertz CT molecular complexity index is 1230. The topological polar surface area (TPSA) is 87.9 Å². The fraction of sp³-hybridized carbons (Fsp3) is 0.208. The summed E-state index contributed by atoms with van der Waals surface area (Å²) < 4.78 is 0. The molecule has 4 heterocycles. The van der Waals surface area contributed by atoms with Crippen LogP contribution in [0.1, 0.15) is 34.9 Å². The number of rotatable bonds is 3. The summed E-state index contributed by atoms with van der Waals surface area (Å²) in [4.78, 5) is 27.1. The molecular weight excluding hydrogens is 410 g/mol. The first kappa shape index (κ1) is 19.6. The number of piperidine rings is 1. The largest absolute Gasteiger partial charge is 0.384 e. The van der Waals surface area contributed by atoms with Crippen LogP contribution in [0.5, 0.6) is 0 Å². The zero-order valence-electron chi connectivity index (χ0n) is 16.9. The zero-order chi connectivity index (χ0) is 21.4. The van der Waals surface area contributed by atoms with E-state index in [2.05, 4.69) is 22.1 Å². The quantitative estimate of drug-likeness (QED) is 0.484. The Morgan fingerprint density at radius 1 is 1.06 bits per heavy atom. The maximum absolute atomic E-state index is 13.1. The van der Waals surface area contributed by atoms with E-state index in [9.17, 15) is 4.79 Å². The first-order valence-electron chi connectivity index (χ1n) is 10.3. The molecule has 0 spiro atoms. The SMILES string of the molecule is Nc1ccc(-c2ccc([C@H]3CCCN(C(=O)c4cc5ccc(Cl)cc5[nH]4)C3)nc2)cn1. The Labute approximate surface area is 185 Å². The van der Waals surface area contributed by atoms with Crippen molar-refractivity contribution in [2.45, 2.75) is 18.8 Å². The van der Waals surface area contributed by atoms with Gasteiger partial charge in [-0.3, -0.25) is 9.78 Å². The molecule has 1 amide bonds. The number of halogens is 1. The van der Waals surface area contributed by atoms with E-state index in [1.54, 1.807) is 12.3 Å². The van der Waals surface area contributed by atoms with Crippen molar-refractivity contribution in [2.24, 2.45) is 0 Å². The molecule has 0 aliphatic carbocycles. The molecule has 1 aliphatic rings. The predicted octanol–water partition coefficient (Wildman–Crippen LogP) is 4.88. The number of anilines is 1. The molecule has 31 heavy (non-hydrogen) atoms. The van der Waals surface area contributed by atoms with E-state index in [0.29, 0.717) is 23.1 Å². The van der Waals surface area contributed by atoms with Crippen molar-refractivity contribution in [3.05, 3.63) is 77.3 Å². The van der Waals surface area contributed by atoms with Crippen LogP contribution in [0.25, 0.3) is 22.0 Å². The van der Waals surface area contributed by atoms with Crippen LogP contribution in [0.2, 0.25) is 5.02 Å². The fourth-order valence-corrected chi connectivity index (χ4v) is 4.35. The molecule has 1 saturated heterocycles. The van der Waals surface area contributed by atoms with Crippen LogP contribution >= 0.6 is 11.6 Å². The van der Waals surface area contributed by atoms with Gasteiger partial charge in [0.1, 0.15) is 11.5 Å². The summed E-state index contributed by atoms with van der Waals surface area (Å²) in [5, 5.41) is 1.63. The molecule has 156 valence electrons. The number of aromatic amines is 1. The molecule has 7 heteroatoms. The van der Waals surface area contributed by atoms with Gasteiger partial charge >= 0.3 is 0 Å². The number of carbonyl (C=O) groups is 1. The normalized spacial score (nSPS) is 16.5. The average molecular weight is 432 g/mol. The Hall–Kier alpha value is -3.38. The van der Waals surface area contributed by atoms with Crippen molar-refractivity contribution in [3.63, 3.8) is 0 Å². The molecule has 0 unspecified atom stereocenters.